The molecule has 0 bridgehead atoms. The minimum Gasteiger partial charge on any atom is -0.505 e. The molecule has 0 aromatic heterocycles. The summed E-state index contributed by atoms with van der Waals surface area (Å²) in [6, 6.07) is 2.09. The number of benzene rings is 1. The van der Waals surface area contributed by atoms with Gasteiger partial charge in [0.1, 0.15) is 5.56 Å². The number of amides is 1. The quantitative estimate of drug-likeness (QED) is 0.813. The van der Waals surface area contributed by atoms with Gasteiger partial charge in [-0.2, -0.15) is 13.2 Å². The molecule has 0 aliphatic heterocycles. The third kappa shape index (κ3) is 3.07. The Balaban J connectivity index is 3.22. The van der Waals surface area contributed by atoms with Crippen molar-refractivity contribution in [2.45, 2.75) is 20.0 Å². The van der Waals surface area contributed by atoms with Gasteiger partial charge in [0.25, 0.3) is 0 Å². The van der Waals surface area contributed by atoms with Gasteiger partial charge in [-0.3, -0.25) is 4.79 Å². The number of rotatable bonds is 2. The molecule has 0 atom stereocenters. The molecule has 2 N–H and O–H groups in total. The van der Waals surface area contributed by atoms with E-state index in [0.29, 0.717) is 0 Å². The summed E-state index contributed by atoms with van der Waals surface area (Å²) < 4.78 is 37.9. The summed E-state index contributed by atoms with van der Waals surface area (Å²) >= 11 is 5.39. The van der Waals surface area contributed by atoms with E-state index in [0.717, 1.165) is 12.1 Å². The zero-order valence-corrected chi connectivity index (χ0v) is 10.4. The lowest BCUT2D eigenvalue weighted by Crippen LogP contribution is -2.18. The van der Waals surface area contributed by atoms with Crippen LogP contribution in [0.2, 0.25) is 5.02 Å². The fraction of sp³-hybridized carbons (Fsp3) is 0.364. The standard InChI is InChI=1S/C11H11ClF3NO2/c1-5(2)10(18)16-7-4-3-6(12)8(9(7)17)11(13,14)15/h3-5,17H,1-2H3,(H,16,18). The van der Waals surface area contributed by atoms with E-state index in [1.807, 2.05) is 0 Å². The maximum Gasteiger partial charge on any atom is 0.421 e. The van der Waals surface area contributed by atoms with Gasteiger partial charge in [-0.25, -0.2) is 0 Å². The van der Waals surface area contributed by atoms with E-state index in [1.165, 1.54) is 0 Å². The minimum absolute atomic E-state index is 0.314. The van der Waals surface area contributed by atoms with Crippen LogP contribution in [0.5, 0.6) is 5.75 Å². The summed E-state index contributed by atoms with van der Waals surface area (Å²) in [5.74, 6) is -2.00. The van der Waals surface area contributed by atoms with Crippen LogP contribution in [-0.2, 0) is 11.0 Å². The molecule has 1 aromatic rings. The predicted octanol–water partition coefficient (Wildman–Crippen LogP) is 3.66. The summed E-state index contributed by atoms with van der Waals surface area (Å²) in [6.07, 6.45) is -4.79. The van der Waals surface area contributed by atoms with Crippen LogP contribution in [0, 0.1) is 5.92 Å². The number of anilines is 1. The first-order chi connectivity index (χ1) is 8.14. The molecular weight excluding hydrogens is 271 g/mol. The van der Waals surface area contributed by atoms with Crippen molar-refractivity contribution < 1.29 is 23.1 Å². The molecule has 1 rings (SSSR count). The van der Waals surface area contributed by atoms with E-state index in [-0.39, 0.29) is 5.69 Å². The van der Waals surface area contributed by atoms with Crippen molar-refractivity contribution in [2.75, 3.05) is 5.32 Å². The number of alkyl halides is 3. The van der Waals surface area contributed by atoms with Gasteiger partial charge in [0.2, 0.25) is 5.91 Å². The number of aromatic hydroxyl groups is 1. The number of halogens is 4. The lowest BCUT2D eigenvalue weighted by Gasteiger charge is -2.15. The largest absolute Gasteiger partial charge is 0.505 e. The summed E-state index contributed by atoms with van der Waals surface area (Å²) in [5.41, 5.74) is -1.67. The molecule has 0 fully saturated rings. The van der Waals surface area contributed by atoms with Crippen molar-refractivity contribution in [3.63, 3.8) is 0 Å². The normalized spacial score (nSPS) is 11.7. The highest BCUT2D eigenvalue weighted by molar-refractivity contribution is 6.31. The molecule has 1 amide bonds. The SMILES string of the molecule is CC(C)C(=O)Nc1ccc(Cl)c(C(F)(F)F)c1O. The molecule has 0 radical (unpaired) electrons. The number of hydrogen-bond acceptors (Lipinski definition) is 2. The van der Waals surface area contributed by atoms with Gasteiger partial charge < -0.3 is 10.4 Å². The Morgan fingerprint density at radius 3 is 2.39 bits per heavy atom. The Hall–Kier alpha value is -1.43. The minimum atomic E-state index is -4.79. The first-order valence-corrected chi connectivity index (χ1v) is 5.42. The van der Waals surface area contributed by atoms with Crippen LogP contribution < -0.4 is 5.32 Å². The first kappa shape index (κ1) is 14.6. The second kappa shape index (κ2) is 5.06. The van der Waals surface area contributed by atoms with E-state index in [4.69, 9.17) is 11.6 Å². The van der Waals surface area contributed by atoms with Gasteiger partial charge in [-0.1, -0.05) is 25.4 Å². The van der Waals surface area contributed by atoms with Crippen molar-refractivity contribution in [2.24, 2.45) is 5.92 Å². The molecular formula is C11H11ClF3NO2. The Morgan fingerprint density at radius 2 is 1.94 bits per heavy atom. The highest BCUT2D eigenvalue weighted by Gasteiger charge is 2.37. The van der Waals surface area contributed by atoms with Crippen LogP contribution in [0.15, 0.2) is 12.1 Å². The molecule has 1 aromatic carbocycles. The molecule has 0 aliphatic carbocycles. The van der Waals surface area contributed by atoms with E-state index in [1.54, 1.807) is 13.8 Å². The summed E-state index contributed by atoms with van der Waals surface area (Å²) in [6.45, 7) is 3.15. The molecule has 0 unspecified atom stereocenters. The monoisotopic (exact) mass is 281 g/mol. The molecule has 0 heterocycles. The van der Waals surface area contributed by atoms with E-state index >= 15 is 0 Å². The fourth-order valence-electron chi connectivity index (χ4n) is 1.21. The van der Waals surface area contributed by atoms with Crippen molar-refractivity contribution in [1.29, 1.82) is 0 Å². The summed E-state index contributed by atoms with van der Waals surface area (Å²) in [5, 5.41) is 11.1. The van der Waals surface area contributed by atoms with Gasteiger partial charge in [0.15, 0.2) is 5.75 Å². The molecule has 100 valence electrons. The van der Waals surface area contributed by atoms with Crippen molar-refractivity contribution >= 4 is 23.2 Å². The second-order valence-electron chi connectivity index (χ2n) is 3.96. The molecule has 0 spiro atoms. The van der Waals surface area contributed by atoms with Gasteiger partial charge in [-0.15, -0.1) is 0 Å². The summed E-state index contributed by atoms with van der Waals surface area (Å²) in [4.78, 5) is 11.4. The maximum absolute atomic E-state index is 12.6. The zero-order chi connectivity index (χ0) is 14.1. The lowest BCUT2D eigenvalue weighted by atomic mass is 10.1. The molecule has 7 heteroatoms. The van der Waals surface area contributed by atoms with Crippen molar-refractivity contribution in [1.82, 2.24) is 0 Å². The average Bonchev–Trinajstić information content (AvgIpc) is 2.20. The van der Waals surface area contributed by atoms with Crippen molar-refractivity contribution in [3.8, 4) is 5.75 Å². The molecule has 0 aliphatic rings. The van der Waals surface area contributed by atoms with Gasteiger partial charge in [-0.05, 0) is 12.1 Å². The fourth-order valence-corrected chi connectivity index (χ4v) is 1.47. The second-order valence-corrected chi connectivity index (χ2v) is 4.37. The summed E-state index contributed by atoms with van der Waals surface area (Å²) in [7, 11) is 0. The third-order valence-electron chi connectivity index (χ3n) is 2.19. The Labute approximate surface area is 107 Å². The molecule has 18 heavy (non-hydrogen) atoms. The first-order valence-electron chi connectivity index (χ1n) is 5.04. The average molecular weight is 282 g/mol. The van der Waals surface area contributed by atoms with Crippen LogP contribution in [-0.4, -0.2) is 11.0 Å². The van der Waals surface area contributed by atoms with Crippen LogP contribution in [0.3, 0.4) is 0 Å². The van der Waals surface area contributed by atoms with Crippen LogP contribution in [0.4, 0.5) is 18.9 Å². The van der Waals surface area contributed by atoms with Crippen LogP contribution in [0.25, 0.3) is 0 Å². The van der Waals surface area contributed by atoms with Crippen molar-refractivity contribution in [3.05, 3.63) is 22.7 Å². The molecule has 3 nitrogen and oxygen atoms in total. The van der Waals surface area contributed by atoms with Crippen LogP contribution >= 0.6 is 11.6 Å². The maximum atomic E-state index is 12.6. The van der Waals surface area contributed by atoms with Crippen LogP contribution in [0.1, 0.15) is 19.4 Å². The van der Waals surface area contributed by atoms with Gasteiger partial charge >= 0.3 is 6.18 Å². The topological polar surface area (TPSA) is 49.3 Å². The number of nitrogens with one attached hydrogen (secondary N) is 1. The smallest absolute Gasteiger partial charge is 0.421 e. The number of carbonyl (C=O) groups excluding carboxylic acids is 1. The highest BCUT2D eigenvalue weighted by atomic mass is 35.5. The Kier molecular flexibility index (Phi) is 4.11. The Bertz CT molecular complexity index is 472. The van der Waals surface area contributed by atoms with Gasteiger partial charge in [0, 0.05) is 5.92 Å². The van der Waals surface area contributed by atoms with E-state index in [9.17, 15) is 23.1 Å². The predicted molar refractivity (Wildman–Crippen MR) is 61.6 cm³/mol. The lowest BCUT2D eigenvalue weighted by molar-refractivity contribution is -0.138. The number of phenolic OH excluding ortho intramolecular Hbond substituents is 1. The third-order valence-corrected chi connectivity index (χ3v) is 2.51. The molecule has 0 saturated carbocycles. The van der Waals surface area contributed by atoms with E-state index < -0.39 is 34.3 Å². The number of hydrogen-bond donors (Lipinski definition) is 2. The number of phenols is 1. The van der Waals surface area contributed by atoms with Gasteiger partial charge in [0.05, 0.1) is 10.7 Å². The zero-order valence-electron chi connectivity index (χ0n) is 9.60. The molecule has 0 saturated heterocycles. The number of carbonyl (C=O) groups is 1. The van der Waals surface area contributed by atoms with E-state index in [2.05, 4.69) is 5.32 Å². The highest BCUT2D eigenvalue weighted by Crippen LogP contribution is 2.44. The Morgan fingerprint density at radius 1 is 1.39 bits per heavy atom.